The molecule has 0 fully saturated rings. The molecule has 1 rings (SSSR count). The minimum atomic E-state index is -2.98. The van der Waals surface area contributed by atoms with Crippen LogP contribution in [0.3, 0.4) is 0 Å². The fraction of sp³-hybridized carbons (Fsp3) is 0.400. The predicted octanol–water partition coefficient (Wildman–Crippen LogP) is 0.696. The number of benzene rings is 1. The van der Waals surface area contributed by atoms with Crippen LogP contribution in [0, 0.1) is 0 Å². The van der Waals surface area contributed by atoms with Gasteiger partial charge in [0.05, 0.1) is 17.1 Å². The van der Waals surface area contributed by atoms with Crippen LogP contribution in [0.5, 0.6) is 0 Å². The molecule has 5 nitrogen and oxygen atoms in total. The lowest BCUT2D eigenvalue weighted by molar-refractivity contribution is 0.598. The quantitative estimate of drug-likeness (QED) is 0.676. The van der Waals surface area contributed by atoms with Gasteiger partial charge in [-0.25, -0.2) is 8.42 Å². The molecule has 0 amide bonds. The predicted molar refractivity (Wildman–Crippen MR) is 68.1 cm³/mol. The average molecular weight is 243 g/mol. The molecule has 1 aromatic carbocycles. The molecule has 0 aromatic heterocycles. The van der Waals surface area contributed by atoms with Gasteiger partial charge in [-0.2, -0.15) is 0 Å². The summed E-state index contributed by atoms with van der Waals surface area (Å²) >= 11 is 0. The van der Waals surface area contributed by atoms with Crippen LogP contribution in [0.2, 0.25) is 0 Å². The molecule has 1 atom stereocenters. The zero-order valence-electron chi connectivity index (χ0n) is 9.40. The summed E-state index contributed by atoms with van der Waals surface area (Å²) in [5.74, 6) is 0.0806. The van der Waals surface area contributed by atoms with Gasteiger partial charge in [0.25, 0.3) is 0 Å². The number of anilines is 3. The molecule has 0 spiro atoms. The van der Waals surface area contributed by atoms with Gasteiger partial charge in [-0.15, -0.1) is 0 Å². The third kappa shape index (κ3) is 3.98. The summed E-state index contributed by atoms with van der Waals surface area (Å²) in [6.45, 7) is 1.80. The van der Waals surface area contributed by atoms with Gasteiger partial charge in [-0.1, -0.05) is 0 Å². The molecule has 0 radical (unpaired) electrons. The SMILES string of the molecule is CC(CS(C)(=O)=O)Nc1ccc(N)c(N)c1. The Kier molecular flexibility index (Phi) is 3.64. The molecule has 0 bridgehead atoms. The smallest absolute Gasteiger partial charge is 0.149 e. The Bertz CT molecular complexity index is 471. The lowest BCUT2D eigenvalue weighted by Crippen LogP contribution is -2.25. The van der Waals surface area contributed by atoms with E-state index >= 15 is 0 Å². The molecule has 90 valence electrons. The van der Waals surface area contributed by atoms with Crippen LogP contribution in [-0.4, -0.2) is 26.5 Å². The molecule has 16 heavy (non-hydrogen) atoms. The third-order valence-electron chi connectivity index (χ3n) is 2.05. The summed E-state index contributed by atoms with van der Waals surface area (Å²) in [5.41, 5.74) is 13.0. The van der Waals surface area contributed by atoms with E-state index in [1.54, 1.807) is 25.1 Å². The standard InChI is InChI=1S/C10H17N3O2S/c1-7(6-16(2,14)15)13-8-3-4-9(11)10(12)5-8/h3-5,7,13H,6,11-12H2,1-2H3. The Morgan fingerprint density at radius 1 is 1.31 bits per heavy atom. The van der Waals surface area contributed by atoms with E-state index in [2.05, 4.69) is 5.32 Å². The summed E-state index contributed by atoms with van der Waals surface area (Å²) in [5, 5.41) is 3.05. The first-order chi connectivity index (χ1) is 7.28. The fourth-order valence-electron chi connectivity index (χ4n) is 1.44. The fourth-order valence-corrected chi connectivity index (χ4v) is 2.44. The van der Waals surface area contributed by atoms with Crippen molar-refractivity contribution < 1.29 is 8.42 Å². The van der Waals surface area contributed by atoms with Crippen molar-refractivity contribution >= 4 is 26.9 Å². The van der Waals surface area contributed by atoms with Crippen LogP contribution >= 0.6 is 0 Å². The van der Waals surface area contributed by atoms with E-state index in [1.807, 2.05) is 0 Å². The summed E-state index contributed by atoms with van der Waals surface area (Å²) < 4.78 is 22.1. The molecule has 0 aliphatic rings. The first kappa shape index (κ1) is 12.6. The molecule has 6 heteroatoms. The van der Waals surface area contributed by atoms with Gasteiger partial charge in [0.15, 0.2) is 0 Å². The van der Waals surface area contributed by atoms with E-state index < -0.39 is 9.84 Å². The second-order valence-corrected chi connectivity index (χ2v) is 6.17. The van der Waals surface area contributed by atoms with Crippen molar-refractivity contribution in [2.45, 2.75) is 13.0 Å². The number of rotatable bonds is 4. The molecule has 0 saturated carbocycles. The monoisotopic (exact) mass is 243 g/mol. The van der Waals surface area contributed by atoms with Crippen molar-refractivity contribution in [1.82, 2.24) is 0 Å². The highest BCUT2D eigenvalue weighted by Gasteiger charge is 2.10. The molecular weight excluding hydrogens is 226 g/mol. The second-order valence-electron chi connectivity index (χ2n) is 3.98. The second kappa shape index (κ2) is 4.61. The van der Waals surface area contributed by atoms with E-state index in [9.17, 15) is 8.42 Å². The highest BCUT2D eigenvalue weighted by atomic mass is 32.2. The van der Waals surface area contributed by atoms with Crippen molar-refractivity contribution in [2.24, 2.45) is 0 Å². The highest BCUT2D eigenvalue weighted by Crippen LogP contribution is 2.20. The van der Waals surface area contributed by atoms with Crippen LogP contribution in [0.1, 0.15) is 6.92 Å². The van der Waals surface area contributed by atoms with Gasteiger partial charge < -0.3 is 16.8 Å². The largest absolute Gasteiger partial charge is 0.397 e. The van der Waals surface area contributed by atoms with Crippen LogP contribution in [0.25, 0.3) is 0 Å². The summed E-state index contributed by atoms with van der Waals surface area (Å²) in [6.07, 6.45) is 1.21. The molecule has 0 aliphatic heterocycles. The van der Waals surface area contributed by atoms with Gasteiger partial charge >= 0.3 is 0 Å². The van der Waals surface area contributed by atoms with Gasteiger partial charge in [0, 0.05) is 18.0 Å². The highest BCUT2D eigenvalue weighted by molar-refractivity contribution is 7.90. The minimum Gasteiger partial charge on any atom is -0.397 e. The maximum absolute atomic E-state index is 11.1. The topological polar surface area (TPSA) is 98.2 Å². The minimum absolute atomic E-state index is 0.0806. The molecule has 5 N–H and O–H groups in total. The van der Waals surface area contributed by atoms with Crippen molar-refractivity contribution in [1.29, 1.82) is 0 Å². The summed E-state index contributed by atoms with van der Waals surface area (Å²) in [6, 6.07) is 4.97. The van der Waals surface area contributed by atoms with E-state index in [-0.39, 0.29) is 11.8 Å². The van der Waals surface area contributed by atoms with Crippen LogP contribution in [0.4, 0.5) is 17.1 Å². The van der Waals surface area contributed by atoms with Crippen LogP contribution in [0.15, 0.2) is 18.2 Å². The Hall–Kier alpha value is -1.43. The third-order valence-corrected chi connectivity index (χ3v) is 3.16. The first-order valence-corrected chi connectivity index (χ1v) is 6.93. The summed E-state index contributed by atoms with van der Waals surface area (Å²) in [7, 11) is -2.98. The van der Waals surface area contributed by atoms with Gasteiger partial charge in [-0.05, 0) is 25.1 Å². The number of hydrogen-bond donors (Lipinski definition) is 3. The molecule has 1 unspecified atom stereocenters. The van der Waals surface area contributed by atoms with Crippen molar-refractivity contribution in [3.05, 3.63) is 18.2 Å². The molecule has 0 heterocycles. The van der Waals surface area contributed by atoms with E-state index in [0.29, 0.717) is 11.4 Å². The lowest BCUT2D eigenvalue weighted by Gasteiger charge is -2.14. The van der Waals surface area contributed by atoms with Gasteiger partial charge in [0.1, 0.15) is 9.84 Å². The number of sulfone groups is 1. The molecule has 0 aliphatic carbocycles. The Labute approximate surface area is 95.7 Å². The van der Waals surface area contributed by atoms with Gasteiger partial charge in [0.2, 0.25) is 0 Å². The lowest BCUT2D eigenvalue weighted by atomic mass is 10.2. The van der Waals surface area contributed by atoms with Crippen molar-refractivity contribution in [3.8, 4) is 0 Å². The Morgan fingerprint density at radius 2 is 1.94 bits per heavy atom. The number of nitrogens with two attached hydrogens (primary N) is 2. The number of hydrogen-bond acceptors (Lipinski definition) is 5. The Morgan fingerprint density at radius 3 is 2.44 bits per heavy atom. The molecule has 1 aromatic rings. The van der Waals surface area contributed by atoms with Crippen molar-refractivity contribution in [2.75, 3.05) is 28.8 Å². The van der Waals surface area contributed by atoms with E-state index in [1.165, 1.54) is 6.26 Å². The van der Waals surface area contributed by atoms with Crippen LogP contribution < -0.4 is 16.8 Å². The van der Waals surface area contributed by atoms with Crippen LogP contribution in [-0.2, 0) is 9.84 Å². The van der Waals surface area contributed by atoms with E-state index in [0.717, 1.165) is 5.69 Å². The maximum atomic E-state index is 11.1. The zero-order valence-corrected chi connectivity index (χ0v) is 10.2. The average Bonchev–Trinajstić information content (AvgIpc) is 2.08. The Balaban J connectivity index is 2.70. The van der Waals surface area contributed by atoms with Gasteiger partial charge in [-0.3, -0.25) is 0 Å². The first-order valence-electron chi connectivity index (χ1n) is 4.87. The molecular formula is C10H17N3O2S. The summed E-state index contributed by atoms with van der Waals surface area (Å²) in [4.78, 5) is 0. The number of nitrogens with one attached hydrogen (secondary N) is 1. The normalized spacial score (nSPS) is 13.4. The number of nitrogen functional groups attached to an aromatic ring is 2. The van der Waals surface area contributed by atoms with Crippen molar-refractivity contribution in [3.63, 3.8) is 0 Å². The van der Waals surface area contributed by atoms with E-state index in [4.69, 9.17) is 11.5 Å². The maximum Gasteiger partial charge on any atom is 0.149 e. The molecule has 0 saturated heterocycles. The zero-order chi connectivity index (χ0) is 12.3.